The Balaban J connectivity index is 1.87. The Bertz CT molecular complexity index is 668. The highest BCUT2D eigenvalue weighted by molar-refractivity contribution is 5.76. The number of benzene rings is 2. The molecule has 0 spiro atoms. The van der Waals surface area contributed by atoms with Gasteiger partial charge in [0.1, 0.15) is 11.6 Å². The number of halogens is 1. The van der Waals surface area contributed by atoms with E-state index in [4.69, 9.17) is 4.74 Å². The fourth-order valence-corrected chi connectivity index (χ4v) is 2.50. The number of hydrogen-bond donors (Lipinski definition) is 1. The predicted molar refractivity (Wildman–Crippen MR) is 89.0 cm³/mol. The maximum absolute atomic E-state index is 12.9. The molecule has 23 heavy (non-hydrogen) atoms. The summed E-state index contributed by atoms with van der Waals surface area (Å²) in [6, 6.07) is 12.0. The quantitative estimate of drug-likeness (QED) is 0.876. The molecular weight excluding hydrogens is 293 g/mol. The molecule has 0 saturated carbocycles. The lowest BCUT2D eigenvalue weighted by atomic mass is 10.1. The van der Waals surface area contributed by atoms with Gasteiger partial charge in [0.25, 0.3) is 0 Å². The highest BCUT2D eigenvalue weighted by Crippen LogP contribution is 2.19. The van der Waals surface area contributed by atoms with E-state index in [0.717, 1.165) is 22.4 Å². The lowest BCUT2D eigenvalue weighted by molar-refractivity contribution is -0.121. The second kappa shape index (κ2) is 7.77. The van der Waals surface area contributed by atoms with Gasteiger partial charge in [-0.2, -0.15) is 0 Å². The molecule has 0 saturated heterocycles. The fraction of sp³-hybridized carbons (Fsp3) is 0.316. The van der Waals surface area contributed by atoms with Crippen molar-refractivity contribution in [1.29, 1.82) is 0 Å². The van der Waals surface area contributed by atoms with E-state index in [0.29, 0.717) is 12.8 Å². The van der Waals surface area contributed by atoms with Crippen molar-refractivity contribution in [3.63, 3.8) is 0 Å². The fourth-order valence-electron chi connectivity index (χ4n) is 2.50. The molecule has 2 aromatic rings. The van der Waals surface area contributed by atoms with Gasteiger partial charge in [-0.25, -0.2) is 4.39 Å². The molecule has 0 radical (unpaired) electrons. The molecule has 0 aliphatic carbocycles. The van der Waals surface area contributed by atoms with Gasteiger partial charge in [0.05, 0.1) is 13.2 Å². The van der Waals surface area contributed by atoms with Gasteiger partial charge < -0.3 is 10.1 Å². The Morgan fingerprint density at radius 2 is 1.91 bits per heavy atom. The van der Waals surface area contributed by atoms with E-state index in [2.05, 4.69) is 5.32 Å². The van der Waals surface area contributed by atoms with Crippen molar-refractivity contribution in [3.8, 4) is 5.75 Å². The maximum Gasteiger partial charge on any atom is 0.220 e. The minimum absolute atomic E-state index is 0.0182. The Morgan fingerprint density at radius 3 is 2.52 bits per heavy atom. The largest absolute Gasteiger partial charge is 0.496 e. The molecule has 122 valence electrons. The molecule has 1 amide bonds. The topological polar surface area (TPSA) is 38.3 Å². The van der Waals surface area contributed by atoms with Gasteiger partial charge in [0, 0.05) is 6.42 Å². The average Bonchev–Trinajstić information content (AvgIpc) is 2.53. The average molecular weight is 315 g/mol. The van der Waals surface area contributed by atoms with Crippen molar-refractivity contribution in [2.45, 2.75) is 32.7 Å². The Morgan fingerprint density at radius 1 is 1.22 bits per heavy atom. The number of carbonyl (C=O) groups excluding carboxylic acids is 1. The molecule has 0 heterocycles. The molecule has 0 fully saturated rings. The van der Waals surface area contributed by atoms with Crippen LogP contribution in [0, 0.1) is 12.7 Å². The molecule has 0 aliphatic rings. The van der Waals surface area contributed by atoms with Crippen molar-refractivity contribution < 1.29 is 13.9 Å². The summed E-state index contributed by atoms with van der Waals surface area (Å²) in [5, 5.41) is 2.94. The van der Waals surface area contributed by atoms with Crippen LogP contribution >= 0.6 is 0 Å². The maximum atomic E-state index is 12.9. The number of carbonyl (C=O) groups is 1. The minimum atomic E-state index is -0.276. The van der Waals surface area contributed by atoms with Crippen LogP contribution in [-0.4, -0.2) is 13.0 Å². The zero-order valence-corrected chi connectivity index (χ0v) is 13.7. The van der Waals surface area contributed by atoms with E-state index in [1.165, 1.54) is 12.1 Å². The van der Waals surface area contributed by atoms with E-state index < -0.39 is 0 Å². The van der Waals surface area contributed by atoms with Gasteiger partial charge in [-0.1, -0.05) is 24.3 Å². The van der Waals surface area contributed by atoms with Crippen molar-refractivity contribution in [2.75, 3.05) is 7.11 Å². The number of aryl methyl sites for hydroxylation is 2. The van der Waals surface area contributed by atoms with Gasteiger partial charge in [0.15, 0.2) is 0 Å². The van der Waals surface area contributed by atoms with E-state index in [9.17, 15) is 9.18 Å². The third-order valence-electron chi connectivity index (χ3n) is 3.85. The van der Waals surface area contributed by atoms with E-state index in [-0.39, 0.29) is 17.8 Å². The van der Waals surface area contributed by atoms with Crippen LogP contribution in [0.3, 0.4) is 0 Å². The van der Waals surface area contributed by atoms with Gasteiger partial charge in [-0.3, -0.25) is 4.79 Å². The van der Waals surface area contributed by atoms with Crippen molar-refractivity contribution >= 4 is 5.91 Å². The Labute approximate surface area is 136 Å². The number of amides is 1. The third kappa shape index (κ3) is 4.81. The first-order valence-electron chi connectivity index (χ1n) is 7.68. The SMILES string of the molecule is COc1ccc(CCC(=O)N[C@H](C)c2ccc(F)cc2)cc1C. The van der Waals surface area contributed by atoms with Crippen LogP contribution in [0.5, 0.6) is 5.75 Å². The third-order valence-corrected chi connectivity index (χ3v) is 3.85. The van der Waals surface area contributed by atoms with Crippen molar-refractivity contribution in [2.24, 2.45) is 0 Å². The molecule has 1 N–H and O–H groups in total. The highest BCUT2D eigenvalue weighted by atomic mass is 19.1. The highest BCUT2D eigenvalue weighted by Gasteiger charge is 2.10. The number of hydrogen-bond acceptors (Lipinski definition) is 2. The monoisotopic (exact) mass is 315 g/mol. The summed E-state index contributed by atoms with van der Waals surface area (Å²) >= 11 is 0. The van der Waals surface area contributed by atoms with Gasteiger partial charge in [0.2, 0.25) is 5.91 Å². The number of ether oxygens (including phenoxy) is 1. The van der Waals surface area contributed by atoms with Crippen molar-refractivity contribution in [3.05, 3.63) is 65.0 Å². The van der Waals surface area contributed by atoms with E-state index in [1.807, 2.05) is 32.0 Å². The molecule has 2 rings (SSSR count). The summed E-state index contributed by atoms with van der Waals surface area (Å²) in [7, 11) is 1.65. The summed E-state index contributed by atoms with van der Waals surface area (Å²) in [5.74, 6) is 0.556. The number of rotatable bonds is 6. The first kappa shape index (κ1) is 17.0. The lowest BCUT2D eigenvalue weighted by Crippen LogP contribution is -2.26. The van der Waals surface area contributed by atoms with Crippen LogP contribution in [0.1, 0.15) is 36.1 Å². The summed E-state index contributed by atoms with van der Waals surface area (Å²) in [5.41, 5.74) is 3.05. The normalized spacial score (nSPS) is 11.8. The summed E-state index contributed by atoms with van der Waals surface area (Å²) < 4.78 is 18.1. The first-order valence-corrected chi connectivity index (χ1v) is 7.68. The molecule has 0 aromatic heterocycles. The summed E-state index contributed by atoms with van der Waals surface area (Å²) in [6.45, 7) is 3.88. The number of methoxy groups -OCH3 is 1. The van der Waals surface area contributed by atoms with E-state index >= 15 is 0 Å². The van der Waals surface area contributed by atoms with Crippen molar-refractivity contribution in [1.82, 2.24) is 5.32 Å². The molecule has 0 bridgehead atoms. The lowest BCUT2D eigenvalue weighted by Gasteiger charge is -2.14. The second-order valence-corrected chi connectivity index (χ2v) is 5.64. The standard InChI is InChI=1S/C19H22FNO2/c1-13-12-15(4-10-18(13)23-3)5-11-19(22)21-14(2)16-6-8-17(20)9-7-16/h4,6-10,12,14H,5,11H2,1-3H3,(H,21,22)/t14-/m1/s1. The van der Waals surface area contributed by atoms with Crippen LogP contribution in [0.15, 0.2) is 42.5 Å². The van der Waals surface area contributed by atoms with Gasteiger partial charge >= 0.3 is 0 Å². The van der Waals surface area contributed by atoms with Crippen LogP contribution in [-0.2, 0) is 11.2 Å². The van der Waals surface area contributed by atoms with Crippen LogP contribution < -0.4 is 10.1 Å². The molecule has 1 atom stereocenters. The van der Waals surface area contributed by atoms with Crippen LogP contribution in [0.2, 0.25) is 0 Å². The molecule has 0 aliphatic heterocycles. The molecule has 3 nitrogen and oxygen atoms in total. The number of nitrogens with one attached hydrogen (secondary N) is 1. The Kier molecular flexibility index (Phi) is 5.74. The second-order valence-electron chi connectivity index (χ2n) is 5.64. The first-order chi connectivity index (χ1) is 11.0. The van der Waals surface area contributed by atoms with Gasteiger partial charge in [-0.05, 0) is 55.2 Å². The molecular formula is C19H22FNO2. The molecule has 2 aromatic carbocycles. The zero-order valence-electron chi connectivity index (χ0n) is 13.7. The zero-order chi connectivity index (χ0) is 16.8. The summed E-state index contributed by atoms with van der Waals surface area (Å²) in [6.07, 6.45) is 1.09. The molecule has 4 heteroatoms. The van der Waals surface area contributed by atoms with Crippen LogP contribution in [0.4, 0.5) is 4.39 Å². The molecule has 0 unspecified atom stereocenters. The van der Waals surface area contributed by atoms with Gasteiger partial charge in [-0.15, -0.1) is 0 Å². The minimum Gasteiger partial charge on any atom is -0.496 e. The summed E-state index contributed by atoms with van der Waals surface area (Å²) in [4.78, 5) is 12.1. The Hall–Kier alpha value is -2.36. The van der Waals surface area contributed by atoms with E-state index in [1.54, 1.807) is 19.2 Å². The smallest absolute Gasteiger partial charge is 0.220 e. The predicted octanol–water partition coefficient (Wildman–Crippen LogP) is 3.95. The van der Waals surface area contributed by atoms with Crippen LogP contribution in [0.25, 0.3) is 0 Å².